The zero-order valence-electron chi connectivity index (χ0n) is 17.3. The largest absolute Gasteiger partial charge is 0.462 e. The number of halogens is 1. The van der Waals surface area contributed by atoms with Gasteiger partial charge in [0.1, 0.15) is 10.8 Å². The van der Waals surface area contributed by atoms with E-state index in [2.05, 4.69) is 5.32 Å². The minimum atomic E-state index is -3.26. The van der Waals surface area contributed by atoms with Crippen LogP contribution in [0.15, 0.2) is 18.2 Å². The van der Waals surface area contributed by atoms with Crippen molar-refractivity contribution in [2.75, 3.05) is 24.8 Å². The van der Waals surface area contributed by atoms with E-state index in [1.165, 1.54) is 13.2 Å². The molecular weight excluding hydrogens is 477 g/mol. The Bertz CT molecular complexity index is 1320. The summed E-state index contributed by atoms with van der Waals surface area (Å²) in [6, 6.07) is 4.61. The zero-order chi connectivity index (χ0) is 23.0. The summed E-state index contributed by atoms with van der Waals surface area (Å²) in [5, 5.41) is 3.31. The number of nitrogens with one attached hydrogen (secondary N) is 1. The number of thiophene rings is 2. The molecule has 1 amide bonds. The molecule has 0 radical (unpaired) electrons. The lowest BCUT2D eigenvalue weighted by Crippen LogP contribution is -2.20. The summed E-state index contributed by atoms with van der Waals surface area (Å²) in [6.45, 7) is 1.85. The lowest BCUT2D eigenvalue weighted by atomic mass is 10.1. The van der Waals surface area contributed by atoms with Crippen LogP contribution in [0.5, 0.6) is 0 Å². The first-order valence-corrected chi connectivity index (χ1v) is 13.2. The van der Waals surface area contributed by atoms with Crippen LogP contribution in [-0.2, 0) is 38.1 Å². The summed E-state index contributed by atoms with van der Waals surface area (Å²) in [5.41, 5.74) is 1.21. The molecule has 3 aromatic rings. The number of anilines is 1. The smallest absolute Gasteiger partial charge is 0.341 e. The molecule has 11 heteroatoms. The molecule has 1 aliphatic heterocycles. The second kappa shape index (κ2) is 8.89. The number of benzene rings is 1. The molecule has 2 aromatic heterocycles. The predicted molar refractivity (Wildman–Crippen MR) is 122 cm³/mol. The van der Waals surface area contributed by atoms with Gasteiger partial charge >= 0.3 is 5.97 Å². The van der Waals surface area contributed by atoms with E-state index in [1.54, 1.807) is 19.1 Å². The molecule has 32 heavy (non-hydrogen) atoms. The third-order valence-corrected chi connectivity index (χ3v) is 9.15. The molecule has 0 unspecified atom stereocenters. The monoisotopic (exact) mass is 497 g/mol. The first-order valence-electron chi connectivity index (χ1n) is 9.78. The van der Waals surface area contributed by atoms with E-state index in [4.69, 9.17) is 9.47 Å². The average molecular weight is 498 g/mol. The molecule has 0 aliphatic carbocycles. The highest BCUT2D eigenvalue weighted by Gasteiger charge is 2.32. The van der Waals surface area contributed by atoms with Crippen molar-refractivity contribution in [3.63, 3.8) is 0 Å². The highest BCUT2D eigenvalue weighted by atomic mass is 32.2. The zero-order valence-corrected chi connectivity index (χ0v) is 19.8. The number of fused-ring (bicyclic) bond motifs is 2. The number of rotatable bonds is 6. The van der Waals surface area contributed by atoms with Gasteiger partial charge in [-0.3, -0.25) is 4.79 Å². The fourth-order valence-electron chi connectivity index (χ4n) is 3.72. The maximum absolute atomic E-state index is 14.5. The summed E-state index contributed by atoms with van der Waals surface area (Å²) < 4.78 is 49.6. The molecule has 3 heterocycles. The molecule has 0 spiro atoms. The van der Waals surface area contributed by atoms with Crippen molar-refractivity contribution in [1.82, 2.24) is 0 Å². The van der Waals surface area contributed by atoms with E-state index in [9.17, 15) is 22.4 Å². The molecule has 0 saturated heterocycles. The van der Waals surface area contributed by atoms with Gasteiger partial charge in [0, 0.05) is 27.6 Å². The fourth-order valence-corrected chi connectivity index (χ4v) is 7.87. The van der Waals surface area contributed by atoms with Crippen LogP contribution in [0.1, 0.15) is 43.0 Å². The Morgan fingerprint density at radius 1 is 1.25 bits per heavy atom. The number of amides is 1. The van der Waals surface area contributed by atoms with Gasteiger partial charge in [-0.05, 0) is 31.0 Å². The van der Waals surface area contributed by atoms with Gasteiger partial charge in [0.05, 0.1) is 35.2 Å². The number of esters is 1. The lowest BCUT2D eigenvalue weighted by Gasteiger charge is -2.13. The van der Waals surface area contributed by atoms with E-state index in [0.717, 1.165) is 22.7 Å². The number of carbonyl (C=O) groups is 2. The number of methoxy groups -OCH3 is 1. The fraction of sp³-hybridized carbons (Fsp3) is 0.333. The highest BCUT2D eigenvalue weighted by molar-refractivity contribution is 7.90. The quantitative estimate of drug-likeness (QED) is 0.514. The normalized spacial score (nSPS) is 14.8. The topological polar surface area (TPSA) is 98.8 Å². The third-order valence-electron chi connectivity index (χ3n) is 5.07. The van der Waals surface area contributed by atoms with E-state index >= 15 is 0 Å². The Kier molecular flexibility index (Phi) is 6.35. The first-order chi connectivity index (χ1) is 15.3. The molecule has 0 saturated carbocycles. The van der Waals surface area contributed by atoms with E-state index in [0.29, 0.717) is 26.1 Å². The number of ether oxygens (including phenoxy) is 2. The van der Waals surface area contributed by atoms with Crippen LogP contribution in [0.4, 0.5) is 9.39 Å². The molecule has 1 aromatic carbocycles. The minimum absolute atomic E-state index is 0.0353. The molecule has 4 rings (SSSR count). The van der Waals surface area contributed by atoms with Gasteiger partial charge in [-0.2, -0.15) is 0 Å². The van der Waals surface area contributed by atoms with Crippen molar-refractivity contribution in [2.24, 2.45) is 0 Å². The van der Waals surface area contributed by atoms with Gasteiger partial charge in [0.25, 0.3) is 5.91 Å². The second-order valence-electron chi connectivity index (χ2n) is 7.18. The Morgan fingerprint density at radius 2 is 2.03 bits per heavy atom. The number of hydrogen-bond donors (Lipinski definition) is 1. The summed E-state index contributed by atoms with van der Waals surface area (Å²) in [7, 11) is -1.81. The summed E-state index contributed by atoms with van der Waals surface area (Å²) in [6.07, 6.45) is 0.182. The van der Waals surface area contributed by atoms with Crippen LogP contribution in [0.25, 0.3) is 10.1 Å². The SMILES string of the molecule is CCOC(=O)c1c(NC(=O)c2sc3cccc(F)c3c2COC)sc2c1CCS(=O)(=O)C2. The van der Waals surface area contributed by atoms with Gasteiger partial charge in [0.2, 0.25) is 0 Å². The van der Waals surface area contributed by atoms with Gasteiger partial charge in [-0.15, -0.1) is 22.7 Å². The molecule has 7 nitrogen and oxygen atoms in total. The van der Waals surface area contributed by atoms with Crippen molar-refractivity contribution in [3.8, 4) is 0 Å². The van der Waals surface area contributed by atoms with Gasteiger partial charge in [-0.1, -0.05) is 6.07 Å². The Morgan fingerprint density at radius 3 is 2.75 bits per heavy atom. The minimum Gasteiger partial charge on any atom is -0.462 e. The summed E-state index contributed by atoms with van der Waals surface area (Å²) in [5.74, 6) is -1.83. The van der Waals surface area contributed by atoms with Gasteiger partial charge in [-0.25, -0.2) is 17.6 Å². The molecule has 1 N–H and O–H groups in total. The predicted octanol–water partition coefficient (Wildman–Crippen LogP) is 4.15. The average Bonchev–Trinajstić information content (AvgIpc) is 3.26. The van der Waals surface area contributed by atoms with Crippen LogP contribution >= 0.6 is 22.7 Å². The van der Waals surface area contributed by atoms with E-state index in [-0.39, 0.29) is 46.6 Å². The van der Waals surface area contributed by atoms with Crippen molar-refractivity contribution < 1.29 is 31.9 Å². The number of hydrogen-bond acceptors (Lipinski definition) is 8. The van der Waals surface area contributed by atoms with E-state index in [1.807, 2.05) is 0 Å². The van der Waals surface area contributed by atoms with Crippen LogP contribution in [-0.4, -0.2) is 39.8 Å². The van der Waals surface area contributed by atoms with Crippen molar-refractivity contribution in [1.29, 1.82) is 0 Å². The van der Waals surface area contributed by atoms with Crippen LogP contribution in [0, 0.1) is 5.82 Å². The van der Waals surface area contributed by atoms with E-state index < -0.39 is 27.5 Å². The number of carbonyl (C=O) groups excluding carboxylic acids is 2. The Hall–Kier alpha value is -2.34. The van der Waals surface area contributed by atoms with Crippen LogP contribution in [0.3, 0.4) is 0 Å². The Balaban J connectivity index is 1.77. The molecule has 170 valence electrons. The maximum atomic E-state index is 14.5. The van der Waals surface area contributed by atoms with Crippen molar-refractivity contribution in [3.05, 3.63) is 50.5 Å². The molecule has 0 bridgehead atoms. The molecule has 1 aliphatic rings. The molecular formula is C21H20FNO6S3. The van der Waals surface area contributed by atoms with Crippen LogP contribution in [0.2, 0.25) is 0 Å². The molecule has 0 fully saturated rings. The highest BCUT2D eigenvalue weighted by Crippen LogP contribution is 2.40. The summed E-state index contributed by atoms with van der Waals surface area (Å²) in [4.78, 5) is 26.7. The first kappa shape index (κ1) is 22.8. The molecule has 0 atom stereocenters. The lowest BCUT2D eigenvalue weighted by molar-refractivity contribution is 0.0527. The van der Waals surface area contributed by atoms with Crippen LogP contribution < -0.4 is 5.32 Å². The van der Waals surface area contributed by atoms with Crippen molar-refractivity contribution >= 4 is 59.5 Å². The van der Waals surface area contributed by atoms with Gasteiger partial charge < -0.3 is 14.8 Å². The third kappa shape index (κ3) is 4.17. The summed E-state index contributed by atoms with van der Waals surface area (Å²) >= 11 is 2.18. The van der Waals surface area contributed by atoms with Gasteiger partial charge in [0.15, 0.2) is 9.84 Å². The maximum Gasteiger partial charge on any atom is 0.341 e. The Labute approximate surface area is 192 Å². The number of sulfone groups is 1. The van der Waals surface area contributed by atoms with Crippen molar-refractivity contribution in [2.45, 2.75) is 25.7 Å². The standard InChI is InChI=1S/C21H20FNO6S3/c1-3-29-21(25)17-11-7-8-32(26,27)10-15(11)31-20(17)23-19(24)18-12(9-28-2)16-13(22)5-4-6-14(16)30-18/h4-6H,3,7-10H2,1-2H3,(H,23,24). The second-order valence-corrected chi connectivity index (χ2v) is 11.5.